The number of nitrogens with zero attached hydrogens (tertiary/aromatic N) is 1. The lowest BCUT2D eigenvalue weighted by Crippen LogP contribution is -2.37. The van der Waals surface area contributed by atoms with Crippen molar-refractivity contribution in [3.8, 4) is 0 Å². The lowest BCUT2D eigenvalue weighted by Gasteiger charge is -2.34. The lowest BCUT2D eigenvalue weighted by atomic mass is 9.95. The number of hydrogen-bond donors (Lipinski definition) is 0. The molecule has 1 aromatic carbocycles. The first-order valence-corrected chi connectivity index (χ1v) is 10.0. The molecule has 0 bridgehead atoms. The van der Waals surface area contributed by atoms with Crippen LogP contribution in [-0.4, -0.2) is 17.2 Å². The summed E-state index contributed by atoms with van der Waals surface area (Å²) >= 11 is 8.27. The van der Waals surface area contributed by atoms with Gasteiger partial charge < -0.3 is 0 Å². The summed E-state index contributed by atoms with van der Waals surface area (Å²) in [6, 6.07) is 9.78. The summed E-state index contributed by atoms with van der Waals surface area (Å²) < 4.78 is 0. The molecule has 0 N–H and O–H groups in total. The number of Topliss-reactive ketones (excluding diaryl/α,β-unsaturated/α-hetero) is 1. The molecule has 3 rings (SSSR count). The lowest BCUT2D eigenvalue weighted by molar-refractivity contribution is -0.125. The molecule has 2 nitrogen and oxygen atoms in total. The Kier molecular flexibility index (Phi) is 6.09. The molecular formula is C20H24ClNOS. The number of benzene rings is 1. The van der Waals surface area contributed by atoms with Crippen molar-refractivity contribution in [3.05, 3.63) is 56.7 Å². The van der Waals surface area contributed by atoms with Crippen LogP contribution in [0, 0.1) is 0 Å². The number of halogens is 1. The van der Waals surface area contributed by atoms with Crippen LogP contribution < -0.4 is 0 Å². The van der Waals surface area contributed by atoms with Gasteiger partial charge in [-0.15, -0.1) is 11.3 Å². The van der Waals surface area contributed by atoms with E-state index in [0.29, 0.717) is 17.2 Å². The van der Waals surface area contributed by atoms with Gasteiger partial charge in [0, 0.05) is 29.4 Å². The Morgan fingerprint density at radius 1 is 1.29 bits per heavy atom. The number of fused-ring (bicyclic) bond motifs is 1. The topological polar surface area (TPSA) is 20.3 Å². The van der Waals surface area contributed by atoms with E-state index in [0.717, 1.165) is 44.3 Å². The van der Waals surface area contributed by atoms with Gasteiger partial charge in [-0.2, -0.15) is 0 Å². The molecule has 1 aromatic heterocycles. The first-order valence-electron chi connectivity index (χ1n) is 8.77. The van der Waals surface area contributed by atoms with E-state index in [4.69, 9.17) is 11.6 Å². The van der Waals surface area contributed by atoms with E-state index >= 15 is 0 Å². The second-order valence-corrected chi connectivity index (χ2v) is 7.84. The fraction of sp³-hybridized carbons (Fsp3) is 0.450. The van der Waals surface area contributed by atoms with Gasteiger partial charge in [0.05, 0.1) is 6.04 Å². The molecule has 4 heteroatoms. The normalized spacial score (nSPS) is 15.9. The molecule has 128 valence electrons. The SMILES string of the molecule is CCCCCC(=O)C(c1ccccc1Cl)N1CCc2sccc2C1. The van der Waals surface area contributed by atoms with Crippen molar-refractivity contribution < 1.29 is 4.79 Å². The van der Waals surface area contributed by atoms with Gasteiger partial charge in [-0.05, 0) is 41.5 Å². The summed E-state index contributed by atoms with van der Waals surface area (Å²) in [6.07, 6.45) is 4.86. The number of hydrogen-bond acceptors (Lipinski definition) is 3. The Labute approximate surface area is 153 Å². The number of unbranched alkanes of at least 4 members (excludes halogenated alkanes) is 2. The zero-order chi connectivity index (χ0) is 16.9. The van der Waals surface area contributed by atoms with E-state index in [1.807, 2.05) is 35.6 Å². The summed E-state index contributed by atoms with van der Waals surface area (Å²) in [6.45, 7) is 3.93. The van der Waals surface area contributed by atoms with Crippen LogP contribution in [0.2, 0.25) is 5.02 Å². The summed E-state index contributed by atoms with van der Waals surface area (Å²) in [4.78, 5) is 16.8. The molecule has 0 radical (unpaired) electrons. The zero-order valence-electron chi connectivity index (χ0n) is 14.1. The van der Waals surface area contributed by atoms with Gasteiger partial charge in [0.25, 0.3) is 0 Å². The minimum Gasteiger partial charge on any atom is -0.298 e. The van der Waals surface area contributed by atoms with Crippen molar-refractivity contribution in [2.24, 2.45) is 0 Å². The van der Waals surface area contributed by atoms with E-state index in [2.05, 4.69) is 23.3 Å². The number of ketones is 1. The van der Waals surface area contributed by atoms with Crippen LogP contribution in [0.25, 0.3) is 0 Å². The summed E-state index contributed by atoms with van der Waals surface area (Å²) in [7, 11) is 0. The van der Waals surface area contributed by atoms with Crippen molar-refractivity contribution in [1.82, 2.24) is 4.90 Å². The number of carbonyl (C=O) groups is 1. The molecule has 1 aliphatic rings. The average Bonchev–Trinajstić information content (AvgIpc) is 3.05. The Morgan fingerprint density at radius 3 is 2.92 bits per heavy atom. The highest BCUT2D eigenvalue weighted by Gasteiger charge is 2.31. The largest absolute Gasteiger partial charge is 0.298 e. The second-order valence-electron chi connectivity index (χ2n) is 6.44. The van der Waals surface area contributed by atoms with Crippen LogP contribution in [0.1, 0.15) is 54.7 Å². The number of rotatable bonds is 7. The highest BCUT2D eigenvalue weighted by molar-refractivity contribution is 7.10. The van der Waals surface area contributed by atoms with Crippen LogP contribution in [0.3, 0.4) is 0 Å². The second kappa shape index (κ2) is 8.28. The van der Waals surface area contributed by atoms with E-state index < -0.39 is 0 Å². The van der Waals surface area contributed by atoms with Crippen LogP contribution in [0.15, 0.2) is 35.7 Å². The Morgan fingerprint density at radius 2 is 2.12 bits per heavy atom. The zero-order valence-corrected chi connectivity index (χ0v) is 15.7. The van der Waals surface area contributed by atoms with Crippen molar-refractivity contribution >= 4 is 28.7 Å². The third-order valence-corrected chi connectivity index (χ3v) is 6.10. The molecule has 0 amide bonds. The highest BCUT2D eigenvalue weighted by Crippen LogP contribution is 2.34. The fourth-order valence-electron chi connectivity index (χ4n) is 3.45. The molecule has 2 heterocycles. The smallest absolute Gasteiger partial charge is 0.154 e. The van der Waals surface area contributed by atoms with Gasteiger partial charge in [0.1, 0.15) is 0 Å². The third kappa shape index (κ3) is 3.90. The molecular weight excluding hydrogens is 338 g/mol. The molecule has 0 saturated carbocycles. The first-order chi connectivity index (χ1) is 11.7. The molecule has 1 atom stereocenters. The Hall–Kier alpha value is -1.16. The van der Waals surface area contributed by atoms with Crippen molar-refractivity contribution in [2.75, 3.05) is 6.54 Å². The molecule has 2 aromatic rings. The monoisotopic (exact) mass is 361 g/mol. The Balaban J connectivity index is 1.85. The molecule has 0 spiro atoms. The standard InChI is InChI=1S/C20H24ClNOS/c1-2-3-4-9-18(23)20(16-7-5-6-8-17(16)21)22-12-10-19-15(14-22)11-13-24-19/h5-8,11,13,20H,2-4,9-10,12,14H2,1H3. The quantitative estimate of drug-likeness (QED) is 0.594. The minimum absolute atomic E-state index is 0.219. The molecule has 1 aliphatic heterocycles. The van der Waals surface area contributed by atoms with Crippen LogP contribution in [0.4, 0.5) is 0 Å². The van der Waals surface area contributed by atoms with Crippen LogP contribution in [-0.2, 0) is 17.8 Å². The molecule has 0 fully saturated rings. The summed E-state index contributed by atoms with van der Waals surface area (Å²) in [5.41, 5.74) is 2.32. The summed E-state index contributed by atoms with van der Waals surface area (Å²) in [5, 5.41) is 2.85. The van der Waals surface area contributed by atoms with Crippen LogP contribution >= 0.6 is 22.9 Å². The van der Waals surface area contributed by atoms with Crippen molar-refractivity contribution in [2.45, 2.75) is 51.6 Å². The maximum Gasteiger partial charge on any atom is 0.154 e. The van der Waals surface area contributed by atoms with Gasteiger partial charge in [-0.25, -0.2) is 0 Å². The van der Waals surface area contributed by atoms with Crippen molar-refractivity contribution in [3.63, 3.8) is 0 Å². The fourth-order valence-corrected chi connectivity index (χ4v) is 4.58. The molecule has 0 aliphatic carbocycles. The van der Waals surface area contributed by atoms with Gasteiger partial charge in [0.2, 0.25) is 0 Å². The maximum atomic E-state index is 13.0. The molecule has 1 unspecified atom stereocenters. The predicted octanol–water partition coefficient (Wildman–Crippen LogP) is 5.65. The highest BCUT2D eigenvalue weighted by atomic mass is 35.5. The Bertz CT molecular complexity index is 696. The minimum atomic E-state index is -0.219. The van der Waals surface area contributed by atoms with Gasteiger partial charge in [0.15, 0.2) is 5.78 Å². The maximum absolute atomic E-state index is 13.0. The van der Waals surface area contributed by atoms with Gasteiger partial charge in [-0.3, -0.25) is 9.69 Å². The van der Waals surface area contributed by atoms with E-state index in [1.54, 1.807) is 0 Å². The third-order valence-electron chi connectivity index (χ3n) is 4.73. The van der Waals surface area contributed by atoms with Crippen molar-refractivity contribution in [1.29, 1.82) is 0 Å². The van der Waals surface area contributed by atoms with E-state index in [1.165, 1.54) is 10.4 Å². The van der Waals surface area contributed by atoms with Gasteiger partial charge in [-0.1, -0.05) is 49.6 Å². The van der Waals surface area contributed by atoms with Crippen LogP contribution in [0.5, 0.6) is 0 Å². The predicted molar refractivity (Wildman–Crippen MR) is 102 cm³/mol. The first kappa shape index (κ1) is 17.7. The average molecular weight is 362 g/mol. The van der Waals surface area contributed by atoms with Gasteiger partial charge >= 0.3 is 0 Å². The van der Waals surface area contributed by atoms with E-state index in [-0.39, 0.29) is 6.04 Å². The van der Waals surface area contributed by atoms with E-state index in [9.17, 15) is 4.79 Å². The number of carbonyl (C=O) groups excluding carboxylic acids is 1. The molecule has 0 saturated heterocycles. The number of thiophene rings is 1. The summed E-state index contributed by atoms with van der Waals surface area (Å²) in [5.74, 6) is 0.301. The molecule has 24 heavy (non-hydrogen) atoms.